The van der Waals surface area contributed by atoms with Gasteiger partial charge in [-0.3, -0.25) is 4.57 Å². The second kappa shape index (κ2) is 3.42. The third kappa shape index (κ3) is 1.50. The van der Waals surface area contributed by atoms with Crippen LogP contribution in [-0.4, -0.2) is 20.8 Å². The van der Waals surface area contributed by atoms with Crippen LogP contribution >= 0.6 is 0 Å². The molecular weight excluding hydrogens is 182 g/mol. The fourth-order valence-corrected chi connectivity index (χ4v) is 1.92. The lowest BCUT2D eigenvalue weighted by Crippen LogP contribution is -2.30. The fraction of sp³-hybridized carbons (Fsp3) is 0.556. The van der Waals surface area contributed by atoms with Gasteiger partial charge in [-0.1, -0.05) is 0 Å². The maximum atomic E-state index is 11.4. The van der Waals surface area contributed by atoms with Crippen molar-refractivity contribution in [1.82, 2.24) is 9.55 Å². The van der Waals surface area contributed by atoms with Crippen LogP contribution < -0.4 is 11.4 Å². The van der Waals surface area contributed by atoms with Crippen LogP contribution in [0.4, 0.5) is 5.82 Å². The van der Waals surface area contributed by atoms with Crippen LogP contribution in [0.2, 0.25) is 0 Å². The molecule has 0 aliphatic heterocycles. The highest BCUT2D eigenvalue weighted by Crippen LogP contribution is 2.28. The minimum Gasteiger partial charge on any atom is -0.391 e. The monoisotopic (exact) mass is 195 g/mol. The number of hydrogen-bond donors (Lipinski definition) is 2. The molecule has 2 rings (SSSR count). The maximum Gasteiger partial charge on any atom is 0.349 e. The van der Waals surface area contributed by atoms with Crippen LogP contribution in [0.25, 0.3) is 0 Å². The molecule has 1 heterocycles. The van der Waals surface area contributed by atoms with Crippen molar-refractivity contribution in [3.63, 3.8) is 0 Å². The average Bonchev–Trinajstić information content (AvgIpc) is 2.52. The van der Waals surface area contributed by atoms with Gasteiger partial charge in [0.15, 0.2) is 0 Å². The number of aromatic nitrogens is 2. The molecule has 1 aromatic heterocycles. The maximum absolute atomic E-state index is 11.4. The smallest absolute Gasteiger partial charge is 0.349 e. The summed E-state index contributed by atoms with van der Waals surface area (Å²) in [4.78, 5) is 15.1. The van der Waals surface area contributed by atoms with Crippen molar-refractivity contribution < 1.29 is 5.11 Å². The average molecular weight is 195 g/mol. The molecular formula is C9H13N3O2. The number of aliphatic hydroxyl groups is 1. The van der Waals surface area contributed by atoms with Crippen molar-refractivity contribution in [2.75, 3.05) is 5.73 Å². The van der Waals surface area contributed by atoms with E-state index in [0.29, 0.717) is 0 Å². The Labute approximate surface area is 81.2 Å². The second-order valence-electron chi connectivity index (χ2n) is 3.61. The van der Waals surface area contributed by atoms with Crippen molar-refractivity contribution >= 4 is 5.82 Å². The summed E-state index contributed by atoms with van der Waals surface area (Å²) in [6, 6.07) is 1.45. The molecule has 76 valence electrons. The lowest BCUT2D eigenvalue weighted by Gasteiger charge is -2.16. The lowest BCUT2D eigenvalue weighted by molar-refractivity contribution is 0.134. The molecule has 1 aliphatic rings. The number of anilines is 1. The highest BCUT2D eigenvalue weighted by molar-refractivity contribution is 5.23. The van der Waals surface area contributed by atoms with Gasteiger partial charge in [0, 0.05) is 6.20 Å². The van der Waals surface area contributed by atoms with Gasteiger partial charge in [-0.25, -0.2) is 4.79 Å². The second-order valence-corrected chi connectivity index (χ2v) is 3.61. The first kappa shape index (κ1) is 9.21. The third-order valence-corrected chi connectivity index (χ3v) is 2.65. The van der Waals surface area contributed by atoms with E-state index in [2.05, 4.69) is 4.98 Å². The Hall–Kier alpha value is -1.36. The van der Waals surface area contributed by atoms with Gasteiger partial charge in [0.1, 0.15) is 5.82 Å². The molecule has 1 aromatic rings. The Balaban J connectivity index is 2.36. The van der Waals surface area contributed by atoms with E-state index in [9.17, 15) is 9.90 Å². The Kier molecular flexibility index (Phi) is 2.25. The highest BCUT2D eigenvalue weighted by atomic mass is 16.3. The van der Waals surface area contributed by atoms with Crippen molar-refractivity contribution in [2.24, 2.45) is 0 Å². The quantitative estimate of drug-likeness (QED) is 0.656. The van der Waals surface area contributed by atoms with Crippen LogP contribution in [0, 0.1) is 0 Å². The normalized spacial score (nSPS) is 26.6. The van der Waals surface area contributed by atoms with E-state index >= 15 is 0 Å². The summed E-state index contributed by atoms with van der Waals surface area (Å²) in [6.45, 7) is 0. The molecule has 5 nitrogen and oxygen atoms in total. The van der Waals surface area contributed by atoms with E-state index in [0.717, 1.165) is 19.3 Å². The molecule has 0 aromatic carbocycles. The molecule has 3 N–H and O–H groups in total. The van der Waals surface area contributed by atoms with E-state index in [1.165, 1.54) is 4.57 Å². The first-order valence-corrected chi connectivity index (χ1v) is 4.71. The fourth-order valence-electron chi connectivity index (χ4n) is 1.92. The van der Waals surface area contributed by atoms with Gasteiger partial charge >= 0.3 is 5.69 Å². The standard InChI is InChI=1S/C9H13N3O2/c10-8-4-5-12(9(14)11-8)6-2-1-3-7(6)13/h4-7,13H,1-3H2,(H2,10,11,14)/t6-,7?/m1/s1. The van der Waals surface area contributed by atoms with Gasteiger partial charge in [-0.15, -0.1) is 0 Å². The van der Waals surface area contributed by atoms with Gasteiger partial charge in [-0.05, 0) is 25.3 Å². The molecule has 0 amide bonds. The largest absolute Gasteiger partial charge is 0.391 e. The van der Waals surface area contributed by atoms with Crippen LogP contribution in [0.3, 0.4) is 0 Å². The predicted octanol–water partition coefficient (Wildman–Crippen LogP) is -0.0886. The summed E-state index contributed by atoms with van der Waals surface area (Å²) >= 11 is 0. The molecule has 1 fully saturated rings. The summed E-state index contributed by atoms with van der Waals surface area (Å²) in [7, 11) is 0. The first-order chi connectivity index (χ1) is 6.68. The zero-order valence-electron chi connectivity index (χ0n) is 7.76. The number of rotatable bonds is 1. The molecule has 1 saturated carbocycles. The summed E-state index contributed by atoms with van der Waals surface area (Å²) in [5, 5.41) is 9.62. The first-order valence-electron chi connectivity index (χ1n) is 4.71. The summed E-state index contributed by atoms with van der Waals surface area (Å²) in [5.41, 5.74) is 5.00. The van der Waals surface area contributed by atoms with E-state index in [1.54, 1.807) is 12.3 Å². The van der Waals surface area contributed by atoms with Crippen molar-refractivity contribution in [2.45, 2.75) is 31.4 Å². The van der Waals surface area contributed by atoms with Crippen molar-refractivity contribution in [3.8, 4) is 0 Å². The summed E-state index contributed by atoms with van der Waals surface area (Å²) < 4.78 is 1.47. The van der Waals surface area contributed by atoms with Crippen LogP contribution in [0.15, 0.2) is 17.1 Å². The topological polar surface area (TPSA) is 81.1 Å². The van der Waals surface area contributed by atoms with E-state index in [-0.39, 0.29) is 17.5 Å². The summed E-state index contributed by atoms with van der Waals surface area (Å²) in [6.07, 6.45) is 3.69. The van der Waals surface area contributed by atoms with Crippen LogP contribution in [0.5, 0.6) is 0 Å². The molecule has 0 radical (unpaired) electrons. The predicted molar refractivity (Wildman–Crippen MR) is 51.8 cm³/mol. The Morgan fingerprint density at radius 3 is 2.93 bits per heavy atom. The SMILES string of the molecule is Nc1ccn([C@@H]2CCCC2O)c(=O)n1. The molecule has 5 heteroatoms. The Morgan fingerprint density at radius 1 is 1.57 bits per heavy atom. The van der Waals surface area contributed by atoms with Gasteiger partial charge < -0.3 is 10.8 Å². The molecule has 2 atom stereocenters. The van der Waals surface area contributed by atoms with Gasteiger partial charge in [0.2, 0.25) is 0 Å². The van der Waals surface area contributed by atoms with Gasteiger partial charge in [0.05, 0.1) is 12.1 Å². The lowest BCUT2D eigenvalue weighted by atomic mass is 10.2. The van der Waals surface area contributed by atoms with Crippen LogP contribution in [-0.2, 0) is 0 Å². The number of nitrogens with two attached hydrogens (primary N) is 1. The number of nitrogens with zero attached hydrogens (tertiary/aromatic N) is 2. The molecule has 14 heavy (non-hydrogen) atoms. The van der Waals surface area contributed by atoms with Gasteiger partial charge in [-0.2, -0.15) is 4.98 Å². The zero-order valence-corrected chi connectivity index (χ0v) is 7.76. The van der Waals surface area contributed by atoms with Crippen LogP contribution in [0.1, 0.15) is 25.3 Å². The number of hydrogen-bond acceptors (Lipinski definition) is 4. The van der Waals surface area contributed by atoms with Crippen molar-refractivity contribution in [3.05, 3.63) is 22.7 Å². The van der Waals surface area contributed by atoms with E-state index in [1.807, 2.05) is 0 Å². The molecule has 1 aliphatic carbocycles. The Morgan fingerprint density at radius 2 is 2.36 bits per heavy atom. The van der Waals surface area contributed by atoms with Gasteiger partial charge in [0.25, 0.3) is 0 Å². The molecule has 0 spiro atoms. The molecule has 1 unspecified atom stereocenters. The zero-order chi connectivity index (χ0) is 10.1. The van der Waals surface area contributed by atoms with E-state index < -0.39 is 6.10 Å². The Bertz CT molecular complexity index is 388. The molecule has 0 saturated heterocycles. The number of aliphatic hydroxyl groups excluding tert-OH is 1. The third-order valence-electron chi connectivity index (χ3n) is 2.65. The van der Waals surface area contributed by atoms with Crippen molar-refractivity contribution in [1.29, 1.82) is 0 Å². The summed E-state index contributed by atoms with van der Waals surface area (Å²) in [5.74, 6) is 0.221. The number of nitrogen functional groups attached to an aromatic ring is 1. The van der Waals surface area contributed by atoms with E-state index in [4.69, 9.17) is 5.73 Å². The highest BCUT2D eigenvalue weighted by Gasteiger charge is 2.27. The molecule has 0 bridgehead atoms. The minimum atomic E-state index is -0.432. The minimum absolute atomic E-state index is 0.129.